The lowest BCUT2D eigenvalue weighted by atomic mass is 9.69. The van der Waals surface area contributed by atoms with Crippen LogP contribution < -0.4 is 4.90 Å². The fraction of sp³-hybridized carbons (Fsp3) is 0.708. The first-order valence-electron chi connectivity index (χ1n) is 11.6. The van der Waals surface area contributed by atoms with Crippen LogP contribution in [0.1, 0.15) is 74.2 Å². The van der Waals surface area contributed by atoms with Gasteiger partial charge in [0.2, 0.25) is 11.8 Å². The topological polar surface area (TPSA) is 72.9 Å². The van der Waals surface area contributed by atoms with Crippen LogP contribution in [0.15, 0.2) is 0 Å². The van der Waals surface area contributed by atoms with Gasteiger partial charge in [-0.1, -0.05) is 27.2 Å². The van der Waals surface area contributed by atoms with Gasteiger partial charge in [0.05, 0.1) is 36.2 Å². The normalized spacial score (nSPS) is 31.9. The van der Waals surface area contributed by atoms with Gasteiger partial charge in [-0.15, -0.1) is 11.3 Å². The largest absolute Gasteiger partial charge is 0.462 e. The molecule has 3 aliphatic heterocycles. The Morgan fingerprint density at radius 1 is 1.13 bits per heavy atom. The Balaban J connectivity index is 1.56. The van der Waals surface area contributed by atoms with E-state index in [0.29, 0.717) is 16.5 Å². The van der Waals surface area contributed by atoms with Crippen molar-refractivity contribution in [2.75, 3.05) is 11.5 Å². The molecule has 4 aliphatic rings. The zero-order valence-electron chi connectivity index (χ0n) is 18.7. The van der Waals surface area contributed by atoms with Crippen LogP contribution >= 0.6 is 11.3 Å². The number of amides is 2. The molecular formula is C24H31NO5S. The highest BCUT2D eigenvalue weighted by Gasteiger charge is 2.63. The molecule has 6 nitrogen and oxygen atoms in total. The van der Waals surface area contributed by atoms with Gasteiger partial charge in [0.1, 0.15) is 5.00 Å². The number of fused-ring (bicyclic) bond motifs is 6. The zero-order chi connectivity index (χ0) is 22.1. The van der Waals surface area contributed by atoms with E-state index < -0.39 is 17.8 Å². The van der Waals surface area contributed by atoms with Crippen LogP contribution in [0.2, 0.25) is 0 Å². The predicted octanol–water partition coefficient (Wildman–Crippen LogP) is 4.13. The molecule has 0 saturated carbocycles. The zero-order valence-corrected chi connectivity index (χ0v) is 19.5. The standard InChI is InChI=1S/C24H31NO5S/c1-5-24(3,4)12-7-8-13-16(11-12)31-22(17(13)23(28)29-6-2)25-20(26)18-14-9-10-15(30-14)19(18)21(25)27/h12,14-15,18-19H,5-11H2,1-4H3/t12-,14+,15+,18-,19+/m0/s1. The SMILES string of the molecule is CCOC(=O)c1c(N2C(=O)[C@@H]3[C@H](C2=O)[C@H]2CC[C@H]3O2)sc2c1CC[C@H](C(C)(C)CC)C2. The maximum Gasteiger partial charge on any atom is 0.341 e. The monoisotopic (exact) mass is 445 g/mol. The van der Waals surface area contributed by atoms with E-state index in [2.05, 4.69) is 20.8 Å². The van der Waals surface area contributed by atoms with E-state index in [1.807, 2.05) is 0 Å². The van der Waals surface area contributed by atoms with E-state index in [1.54, 1.807) is 6.92 Å². The number of imide groups is 1. The van der Waals surface area contributed by atoms with Gasteiger partial charge in [0.15, 0.2) is 0 Å². The summed E-state index contributed by atoms with van der Waals surface area (Å²) in [5.41, 5.74) is 1.64. The van der Waals surface area contributed by atoms with Crippen LogP contribution in [-0.4, -0.2) is 36.6 Å². The molecule has 7 heteroatoms. The molecule has 5 atom stereocenters. The molecule has 3 fully saturated rings. The molecule has 1 aromatic rings. The second-order valence-corrected chi connectivity index (χ2v) is 11.1. The van der Waals surface area contributed by atoms with Gasteiger partial charge in [-0.3, -0.25) is 9.59 Å². The molecule has 5 rings (SSSR count). The third-order valence-electron chi connectivity index (χ3n) is 8.23. The first-order chi connectivity index (χ1) is 14.8. The Bertz CT molecular complexity index is 922. The van der Waals surface area contributed by atoms with Crippen molar-refractivity contribution >= 4 is 34.1 Å². The summed E-state index contributed by atoms with van der Waals surface area (Å²) in [7, 11) is 0. The van der Waals surface area contributed by atoms with E-state index in [9.17, 15) is 14.4 Å². The second kappa shape index (κ2) is 7.41. The van der Waals surface area contributed by atoms with Crippen molar-refractivity contribution in [1.29, 1.82) is 0 Å². The molecular weight excluding hydrogens is 414 g/mol. The number of hydrogen-bond donors (Lipinski definition) is 0. The molecule has 168 valence electrons. The number of hydrogen-bond acceptors (Lipinski definition) is 6. The van der Waals surface area contributed by atoms with Crippen LogP contribution in [0.3, 0.4) is 0 Å². The van der Waals surface area contributed by atoms with Crippen molar-refractivity contribution in [2.24, 2.45) is 23.2 Å². The van der Waals surface area contributed by atoms with Gasteiger partial charge in [-0.25, -0.2) is 9.69 Å². The molecule has 0 spiro atoms. The quantitative estimate of drug-likeness (QED) is 0.503. The highest BCUT2D eigenvalue weighted by atomic mass is 32.1. The first kappa shape index (κ1) is 21.1. The smallest absolute Gasteiger partial charge is 0.341 e. The molecule has 4 heterocycles. The summed E-state index contributed by atoms with van der Waals surface area (Å²) in [6, 6.07) is 0. The first-order valence-corrected chi connectivity index (χ1v) is 12.4. The molecule has 0 aromatic carbocycles. The molecule has 1 aliphatic carbocycles. The molecule has 2 bridgehead atoms. The van der Waals surface area contributed by atoms with E-state index in [-0.39, 0.29) is 36.0 Å². The lowest BCUT2D eigenvalue weighted by molar-refractivity contribution is -0.124. The van der Waals surface area contributed by atoms with Crippen molar-refractivity contribution in [3.63, 3.8) is 0 Å². The Morgan fingerprint density at radius 3 is 2.35 bits per heavy atom. The van der Waals surface area contributed by atoms with Crippen LogP contribution in [0, 0.1) is 23.2 Å². The van der Waals surface area contributed by atoms with E-state index >= 15 is 0 Å². The molecule has 0 N–H and O–H groups in total. The fourth-order valence-electron chi connectivity index (χ4n) is 6.01. The lowest BCUT2D eigenvalue weighted by Crippen LogP contribution is -2.34. The van der Waals surface area contributed by atoms with Crippen molar-refractivity contribution in [2.45, 2.75) is 78.4 Å². The number of carbonyl (C=O) groups is 3. The predicted molar refractivity (Wildman–Crippen MR) is 117 cm³/mol. The number of esters is 1. The van der Waals surface area contributed by atoms with E-state index in [4.69, 9.17) is 9.47 Å². The maximum atomic E-state index is 13.4. The third kappa shape index (κ3) is 3.03. The molecule has 0 radical (unpaired) electrons. The van der Waals surface area contributed by atoms with Crippen LogP contribution in [0.5, 0.6) is 0 Å². The third-order valence-corrected chi connectivity index (χ3v) is 9.47. The summed E-state index contributed by atoms with van der Waals surface area (Å²) < 4.78 is 11.2. The van der Waals surface area contributed by atoms with E-state index in [1.165, 1.54) is 16.2 Å². The maximum absolute atomic E-state index is 13.4. The number of anilines is 1. The minimum Gasteiger partial charge on any atom is -0.462 e. The average Bonchev–Trinajstić information content (AvgIpc) is 3.49. The summed E-state index contributed by atoms with van der Waals surface area (Å²) in [5.74, 6) is -1.09. The summed E-state index contributed by atoms with van der Waals surface area (Å²) in [6.45, 7) is 8.86. The van der Waals surface area contributed by atoms with Gasteiger partial charge >= 0.3 is 5.97 Å². The van der Waals surface area contributed by atoms with Gasteiger partial charge in [0, 0.05) is 4.88 Å². The van der Waals surface area contributed by atoms with Crippen LogP contribution in [-0.2, 0) is 31.9 Å². The number of nitrogens with zero attached hydrogens (tertiary/aromatic N) is 1. The second-order valence-electron chi connectivity index (χ2n) is 10.0. The molecule has 2 amide bonds. The summed E-state index contributed by atoms with van der Waals surface area (Å²) in [6.07, 6.45) is 5.10. The highest BCUT2D eigenvalue weighted by molar-refractivity contribution is 7.17. The fourth-order valence-corrected chi connectivity index (χ4v) is 7.44. The number of thiophene rings is 1. The number of rotatable bonds is 5. The molecule has 3 saturated heterocycles. The molecule has 0 unspecified atom stereocenters. The lowest BCUT2D eigenvalue weighted by Gasteiger charge is -2.36. The van der Waals surface area contributed by atoms with Crippen molar-refractivity contribution in [1.82, 2.24) is 0 Å². The Morgan fingerprint density at radius 2 is 1.77 bits per heavy atom. The number of ether oxygens (including phenoxy) is 2. The number of carbonyl (C=O) groups excluding carboxylic acids is 3. The van der Waals surface area contributed by atoms with Gasteiger partial charge in [-0.05, 0) is 55.9 Å². The Kier molecular flexibility index (Phi) is 5.05. The Labute approximate surface area is 187 Å². The van der Waals surface area contributed by atoms with Crippen LogP contribution in [0.4, 0.5) is 5.00 Å². The van der Waals surface area contributed by atoms with Crippen molar-refractivity contribution in [3.05, 3.63) is 16.0 Å². The van der Waals surface area contributed by atoms with Gasteiger partial charge in [-0.2, -0.15) is 0 Å². The summed E-state index contributed by atoms with van der Waals surface area (Å²) in [4.78, 5) is 42.2. The average molecular weight is 446 g/mol. The summed E-state index contributed by atoms with van der Waals surface area (Å²) in [5, 5.41) is 0.488. The van der Waals surface area contributed by atoms with Crippen molar-refractivity contribution in [3.8, 4) is 0 Å². The highest BCUT2D eigenvalue weighted by Crippen LogP contribution is 2.53. The minimum atomic E-state index is -0.417. The van der Waals surface area contributed by atoms with E-state index in [0.717, 1.165) is 49.0 Å². The van der Waals surface area contributed by atoms with Gasteiger partial charge < -0.3 is 9.47 Å². The van der Waals surface area contributed by atoms with Crippen LogP contribution in [0.25, 0.3) is 0 Å². The Hall–Kier alpha value is -1.73. The molecule has 31 heavy (non-hydrogen) atoms. The molecule has 1 aromatic heterocycles. The minimum absolute atomic E-state index is 0.160. The van der Waals surface area contributed by atoms with Crippen molar-refractivity contribution < 1.29 is 23.9 Å². The summed E-state index contributed by atoms with van der Waals surface area (Å²) >= 11 is 1.46. The van der Waals surface area contributed by atoms with Gasteiger partial charge in [0.25, 0.3) is 0 Å².